The number of fused-ring (bicyclic) bond motifs is 1. The van der Waals surface area contributed by atoms with E-state index < -0.39 is 8.07 Å². The van der Waals surface area contributed by atoms with Gasteiger partial charge in [-0.2, -0.15) is 0 Å². The Labute approximate surface area is 87.0 Å². The van der Waals surface area contributed by atoms with Crippen LogP contribution in [0.25, 0.3) is 6.08 Å². The van der Waals surface area contributed by atoms with Gasteiger partial charge in [0.25, 0.3) is 0 Å². The number of hydrogen-bond acceptors (Lipinski definition) is 0. The molecule has 0 fully saturated rings. The Morgan fingerprint density at radius 1 is 1.07 bits per heavy atom. The van der Waals surface area contributed by atoms with Crippen molar-refractivity contribution in [1.29, 1.82) is 0 Å². The molecule has 1 aromatic rings. The van der Waals surface area contributed by atoms with Crippen LogP contribution in [0.15, 0.2) is 41.6 Å². The number of allylic oxidation sites excluding steroid dienone is 3. The van der Waals surface area contributed by atoms with Crippen LogP contribution in [0.4, 0.5) is 0 Å². The van der Waals surface area contributed by atoms with E-state index in [1.807, 2.05) is 0 Å². The summed E-state index contributed by atoms with van der Waals surface area (Å²) in [5.41, 5.74) is 1.41. The van der Waals surface area contributed by atoms with Crippen molar-refractivity contribution in [3.63, 3.8) is 0 Å². The van der Waals surface area contributed by atoms with Crippen LogP contribution in [-0.4, -0.2) is 8.07 Å². The Hall–Kier alpha value is -1.08. The van der Waals surface area contributed by atoms with Crippen LogP contribution in [0.3, 0.4) is 0 Å². The Morgan fingerprint density at radius 3 is 2.50 bits per heavy atom. The van der Waals surface area contributed by atoms with Crippen molar-refractivity contribution in [2.24, 2.45) is 0 Å². The lowest BCUT2D eigenvalue weighted by Gasteiger charge is -2.29. The highest BCUT2D eigenvalue weighted by molar-refractivity contribution is 6.97. The third-order valence-electron chi connectivity index (χ3n) is 3.11. The van der Waals surface area contributed by atoms with Gasteiger partial charge in [0.15, 0.2) is 0 Å². The summed E-state index contributed by atoms with van der Waals surface area (Å²) in [5.74, 6) is 0. The van der Waals surface area contributed by atoms with Crippen molar-refractivity contribution < 1.29 is 0 Å². The second-order valence-electron chi connectivity index (χ2n) is 4.29. The molecule has 0 saturated carbocycles. The first-order chi connectivity index (χ1) is 6.66. The minimum atomic E-state index is -1.37. The standard InChI is InChI=1S/C13H16Si/c1-4-12-10-9-11-7-5-6-8-13(11)14(12,2)3/h4-10H,1-3H3/b12-4-. The van der Waals surface area contributed by atoms with Crippen LogP contribution in [0.5, 0.6) is 0 Å². The third kappa shape index (κ3) is 1.28. The smallest absolute Gasteiger partial charge is 0.0880 e. The molecule has 0 amide bonds. The molecule has 0 radical (unpaired) electrons. The molecule has 1 heteroatoms. The van der Waals surface area contributed by atoms with Crippen molar-refractivity contribution in [3.05, 3.63) is 47.2 Å². The van der Waals surface area contributed by atoms with Crippen molar-refractivity contribution in [2.45, 2.75) is 20.0 Å². The highest BCUT2D eigenvalue weighted by Crippen LogP contribution is 2.23. The van der Waals surface area contributed by atoms with E-state index in [1.165, 1.54) is 10.8 Å². The summed E-state index contributed by atoms with van der Waals surface area (Å²) in [6, 6.07) is 8.77. The fourth-order valence-electron chi connectivity index (χ4n) is 2.21. The summed E-state index contributed by atoms with van der Waals surface area (Å²) in [6.45, 7) is 6.98. The predicted molar refractivity (Wildman–Crippen MR) is 66.3 cm³/mol. The van der Waals surface area contributed by atoms with Gasteiger partial charge in [-0.3, -0.25) is 0 Å². The lowest BCUT2D eigenvalue weighted by atomic mass is 10.2. The Kier molecular flexibility index (Phi) is 2.20. The molecule has 0 spiro atoms. The summed E-state index contributed by atoms with van der Waals surface area (Å²) in [5, 5.41) is 3.10. The van der Waals surface area contributed by atoms with Crippen molar-refractivity contribution in [3.8, 4) is 0 Å². The average molecular weight is 200 g/mol. The number of hydrogen-bond donors (Lipinski definition) is 0. The van der Waals surface area contributed by atoms with Crippen LogP contribution in [0.1, 0.15) is 12.5 Å². The van der Waals surface area contributed by atoms with Gasteiger partial charge < -0.3 is 0 Å². The van der Waals surface area contributed by atoms with Gasteiger partial charge in [-0.1, -0.05) is 60.8 Å². The maximum Gasteiger partial charge on any atom is 0.112 e. The molecule has 1 aliphatic heterocycles. The molecular formula is C13H16Si. The quantitative estimate of drug-likeness (QED) is 0.565. The molecule has 0 nitrogen and oxygen atoms in total. The zero-order valence-corrected chi connectivity index (χ0v) is 10.0. The second kappa shape index (κ2) is 3.25. The monoisotopic (exact) mass is 200 g/mol. The molecular weight excluding hydrogens is 184 g/mol. The first-order valence-corrected chi connectivity index (χ1v) is 8.10. The molecule has 14 heavy (non-hydrogen) atoms. The molecule has 1 aliphatic rings. The summed E-state index contributed by atoms with van der Waals surface area (Å²) in [6.07, 6.45) is 6.79. The van der Waals surface area contributed by atoms with Gasteiger partial charge >= 0.3 is 0 Å². The van der Waals surface area contributed by atoms with Gasteiger partial charge in [-0.15, -0.1) is 0 Å². The molecule has 0 aliphatic carbocycles. The van der Waals surface area contributed by atoms with Gasteiger partial charge in [0.2, 0.25) is 0 Å². The van der Waals surface area contributed by atoms with Gasteiger partial charge in [-0.05, 0) is 17.7 Å². The normalized spacial score (nSPS) is 20.9. The van der Waals surface area contributed by atoms with E-state index in [2.05, 4.69) is 62.5 Å². The van der Waals surface area contributed by atoms with E-state index >= 15 is 0 Å². The molecule has 0 saturated heterocycles. The zero-order valence-electron chi connectivity index (χ0n) is 9.04. The van der Waals surface area contributed by atoms with Crippen LogP contribution in [0.2, 0.25) is 13.1 Å². The summed E-state index contributed by atoms with van der Waals surface area (Å²) in [4.78, 5) is 0. The summed E-state index contributed by atoms with van der Waals surface area (Å²) >= 11 is 0. The molecule has 0 bridgehead atoms. The van der Waals surface area contributed by atoms with Crippen molar-refractivity contribution >= 4 is 19.3 Å². The molecule has 0 aromatic heterocycles. The number of benzene rings is 1. The van der Waals surface area contributed by atoms with Crippen LogP contribution >= 0.6 is 0 Å². The van der Waals surface area contributed by atoms with Gasteiger partial charge in [-0.25, -0.2) is 0 Å². The minimum absolute atomic E-state index is 1.37. The highest BCUT2D eigenvalue weighted by Gasteiger charge is 2.30. The Balaban J connectivity index is 2.65. The third-order valence-corrected chi connectivity index (χ3v) is 6.81. The largest absolute Gasteiger partial charge is 0.112 e. The van der Waals surface area contributed by atoms with Crippen molar-refractivity contribution in [2.75, 3.05) is 0 Å². The molecule has 0 unspecified atom stereocenters. The van der Waals surface area contributed by atoms with Crippen molar-refractivity contribution in [1.82, 2.24) is 0 Å². The van der Waals surface area contributed by atoms with E-state index in [1.54, 1.807) is 5.19 Å². The van der Waals surface area contributed by atoms with Crippen LogP contribution in [-0.2, 0) is 0 Å². The average Bonchev–Trinajstić information content (AvgIpc) is 2.18. The van der Waals surface area contributed by atoms with Crippen LogP contribution < -0.4 is 5.19 Å². The van der Waals surface area contributed by atoms with E-state index in [4.69, 9.17) is 0 Å². The summed E-state index contributed by atoms with van der Waals surface area (Å²) < 4.78 is 0. The molecule has 72 valence electrons. The number of rotatable bonds is 0. The molecule has 0 N–H and O–H groups in total. The van der Waals surface area contributed by atoms with Gasteiger partial charge in [0.05, 0.1) is 0 Å². The molecule has 2 rings (SSSR count). The van der Waals surface area contributed by atoms with E-state index in [9.17, 15) is 0 Å². The molecule has 1 heterocycles. The lowest BCUT2D eigenvalue weighted by Crippen LogP contribution is -2.46. The SMILES string of the molecule is C/C=C1/C=Cc2ccccc2[Si]1(C)C. The molecule has 0 atom stereocenters. The van der Waals surface area contributed by atoms with E-state index in [0.717, 1.165) is 0 Å². The Bertz CT molecular complexity index is 411. The van der Waals surface area contributed by atoms with Gasteiger partial charge in [0, 0.05) is 0 Å². The fourth-order valence-corrected chi connectivity index (χ4v) is 5.15. The maximum absolute atomic E-state index is 2.42. The van der Waals surface area contributed by atoms with E-state index in [-0.39, 0.29) is 0 Å². The van der Waals surface area contributed by atoms with E-state index in [0.29, 0.717) is 0 Å². The molecule has 1 aromatic carbocycles. The topological polar surface area (TPSA) is 0 Å². The summed E-state index contributed by atoms with van der Waals surface area (Å²) in [7, 11) is -1.37. The van der Waals surface area contributed by atoms with Crippen LogP contribution in [0, 0.1) is 0 Å². The maximum atomic E-state index is 2.42. The first kappa shape index (κ1) is 9.47. The van der Waals surface area contributed by atoms with Gasteiger partial charge in [0.1, 0.15) is 8.07 Å². The predicted octanol–water partition coefficient (Wildman–Crippen LogP) is 3.11. The first-order valence-electron chi connectivity index (χ1n) is 5.10. The Morgan fingerprint density at radius 2 is 1.79 bits per heavy atom. The zero-order chi connectivity index (χ0) is 10.2. The lowest BCUT2D eigenvalue weighted by molar-refractivity contribution is 1.56. The minimum Gasteiger partial charge on any atom is -0.0880 e. The second-order valence-corrected chi connectivity index (χ2v) is 8.66. The fraction of sp³-hybridized carbons (Fsp3) is 0.231. The highest BCUT2D eigenvalue weighted by atomic mass is 28.3.